The van der Waals surface area contributed by atoms with E-state index in [1.165, 1.54) is 4.90 Å². The molecule has 1 aliphatic heterocycles. The lowest BCUT2D eigenvalue weighted by Crippen LogP contribution is -2.52. The molecular weight excluding hydrogens is 386 g/mol. The van der Waals surface area contributed by atoms with E-state index in [9.17, 15) is 14.4 Å². The number of carbonyl (C=O) groups is 3. The first-order valence-corrected chi connectivity index (χ1v) is 9.86. The molecule has 30 heavy (non-hydrogen) atoms. The summed E-state index contributed by atoms with van der Waals surface area (Å²) in [6, 6.07) is 16.0. The number of benzene rings is 2. The molecule has 0 radical (unpaired) electrons. The van der Waals surface area contributed by atoms with Crippen LogP contribution in [0.25, 0.3) is 0 Å². The Morgan fingerprint density at radius 1 is 1.07 bits per heavy atom. The molecule has 2 N–H and O–H groups in total. The van der Waals surface area contributed by atoms with E-state index >= 15 is 0 Å². The van der Waals surface area contributed by atoms with Gasteiger partial charge in [-0.25, -0.2) is 0 Å². The van der Waals surface area contributed by atoms with Crippen LogP contribution in [-0.2, 0) is 14.4 Å². The molecule has 0 saturated carbocycles. The molecule has 0 saturated heterocycles. The number of rotatable bonds is 8. The zero-order valence-corrected chi connectivity index (χ0v) is 16.8. The summed E-state index contributed by atoms with van der Waals surface area (Å²) < 4.78 is 11.1. The van der Waals surface area contributed by atoms with Crippen LogP contribution >= 0.6 is 0 Å². The van der Waals surface area contributed by atoms with Gasteiger partial charge in [-0.3, -0.25) is 14.4 Å². The Hall–Kier alpha value is -3.55. The summed E-state index contributed by atoms with van der Waals surface area (Å²) >= 11 is 0. The van der Waals surface area contributed by atoms with Gasteiger partial charge in [0.25, 0.3) is 11.8 Å². The Morgan fingerprint density at radius 2 is 1.80 bits per heavy atom. The van der Waals surface area contributed by atoms with Gasteiger partial charge >= 0.3 is 0 Å². The summed E-state index contributed by atoms with van der Waals surface area (Å²) in [4.78, 5) is 38.7. The van der Waals surface area contributed by atoms with Crippen molar-refractivity contribution in [2.75, 3.05) is 31.1 Å². The molecule has 0 fully saturated rings. The number of ether oxygens (including phenoxy) is 2. The van der Waals surface area contributed by atoms with Gasteiger partial charge in [-0.2, -0.15) is 0 Å². The van der Waals surface area contributed by atoms with Crippen LogP contribution in [0, 0.1) is 0 Å². The number of carbonyl (C=O) groups excluding carboxylic acids is 3. The normalized spacial score (nSPS) is 14.8. The Kier molecular flexibility index (Phi) is 7.26. The standard InChI is InChI=1S/C22H25N3O5/c1-2-12-23-22(28)19-14-25(17-10-6-7-11-18(17)30-19)21(27)13-24-20(26)15-29-16-8-4-3-5-9-16/h3-11,19H,2,12-15H2,1H3,(H,23,28)(H,24,26)/t19-/m1/s1. The van der Waals surface area contributed by atoms with Crippen molar-refractivity contribution < 1.29 is 23.9 Å². The van der Waals surface area contributed by atoms with Gasteiger partial charge < -0.3 is 25.0 Å². The Bertz CT molecular complexity index is 887. The number of fused-ring (bicyclic) bond motifs is 1. The predicted octanol–water partition coefficient (Wildman–Crippen LogP) is 1.50. The van der Waals surface area contributed by atoms with Crippen molar-refractivity contribution in [3.8, 4) is 11.5 Å². The predicted molar refractivity (Wildman–Crippen MR) is 111 cm³/mol. The zero-order valence-electron chi connectivity index (χ0n) is 16.8. The molecule has 8 heteroatoms. The Balaban J connectivity index is 1.59. The fraction of sp³-hybridized carbons (Fsp3) is 0.318. The molecule has 158 valence electrons. The zero-order chi connectivity index (χ0) is 21.3. The van der Waals surface area contributed by atoms with E-state index in [4.69, 9.17) is 9.47 Å². The first-order valence-electron chi connectivity index (χ1n) is 9.86. The third-order valence-electron chi connectivity index (χ3n) is 4.47. The third kappa shape index (κ3) is 5.50. The van der Waals surface area contributed by atoms with Crippen LogP contribution in [0.3, 0.4) is 0 Å². The maximum absolute atomic E-state index is 12.8. The quantitative estimate of drug-likeness (QED) is 0.686. The minimum absolute atomic E-state index is 0.0712. The highest BCUT2D eigenvalue weighted by Crippen LogP contribution is 2.33. The van der Waals surface area contributed by atoms with E-state index in [-0.39, 0.29) is 31.5 Å². The molecule has 8 nitrogen and oxygen atoms in total. The first kappa shape index (κ1) is 21.2. The van der Waals surface area contributed by atoms with Gasteiger partial charge in [0.1, 0.15) is 11.5 Å². The summed E-state index contributed by atoms with van der Waals surface area (Å²) in [5, 5.41) is 5.35. The van der Waals surface area contributed by atoms with Crippen LogP contribution in [0.15, 0.2) is 54.6 Å². The van der Waals surface area contributed by atoms with Crippen molar-refractivity contribution in [1.82, 2.24) is 10.6 Å². The molecule has 1 atom stereocenters. The molecule has 0 aromatic heterocycles. The SMILES string of the molecule is CCCNC(=O)[C@H]1CN(C(=O)CNC(=O)COc2ccccc2)c2ccccc2O1. The number of para-hydroxylation sites is 3. The lowest BCUT2D eigenvalue weighted by molar-refractivity contribution is -0.129. The van der Waals surface area contributed by atoms with Crippen molar-refractivity contribution in [2.45, 2.75) is 19.4 Å². The van der Waals surface area contributed by atoms with E-state index in [0.29, 0.717) is 23.7 Å². The summed E-state index contributed by atoms with van der Waals surface area (Å²) in [6.07, 6.45) is -0.0121. The molecule has 3 amide bonds. The van der Waals surface area contributed by atoms with Crippen molar-refractivity contribution >= 4 is 23.4 Å². The van der Waals surface area contributed by atoms with Crippen molar-refractivity contribution in [2.24, 2.45) is 0 Å². The molecule has 3 rings (SSSR count). The molecule has 0 unspecified atom stereocenters. The number of nitrogens with zero attached hydrogens (tertiary/aromatic N) is 1. The van der Waals surface area contributed by atoms with Crippen molar-refractivity contribution in [3.05, 3.63) is 54.6 Å². The fourth-order valence-electron chi connectivity index (χ4n) is 2.96. The molecule has 1 heterocycles. The van der Waals surface area contributed by atoms with Crippen LogP contribution in [0.1, 0.15) is 13.3 Å². The molecule has 0 bridgehead atoms. The van der Waals surface area contributed by atoms with Crippen LogP contribution in [0.4, 0.5) is 5.69 Å². The maximum Gasteiger partial charge on any atom is 0.262 e. The monoisotopic (exact) mass is 411 g/mol. The van der Waals surface area contributed by atoms with E-state index in [0.717, 1.165) is 6.42 Å². The number of hydrogen-bond acceptors (Lipinski definition) is 5. The van der Waals surface area contributed by atoms with Crippen molar-refractivity contribution in [3.63, 3.8) is 0 Å². The van der Waals surface area contributed by atoms with Crippen molar-refractivity contribution in [1.29, 1.82) is 0 Å². The average molecular weight is 411 g/mol. The Morgan fingerprint density at radius 3 is 2.57 bits per heavy atom. The second-order valence-electron chi connectivity index (χ2n) is 6.75. The molecule has 0 aliphatic carbocycles. The van der Waals surface area contributed by atoms with Crippen LogP contribution in [0.2, 0.25) is 0 Å². The van der Waals surface area contributed by atoms with Crippen LogP contribution < -0.4 is 25.0 Å². The average Bonchev–Trinajstić information content (AvgIpc) is 2.79. The van der Waals surface area contributed by atoms with Gasteiger partial charge in [0, 0.05) is 6.54 Å². The number of hydrogen-bond donors (Lipinski definition) is 2. The highest BCUT2D eigenvalue weighted by molar-refractivity contribution is 5.99. The number of amides is 3. The number of nitrogens with one attached hydrogen (secondary N) is 2. The highest BCUT2D eigenvalue weighted by Gasteiger charge is 2.33. The summed E-state index contributed by atoms with van der Waals surface area (Å²) in [6.45, 7) is 2.15. The first-order chi connectivity index (χ1) is 14.6. The van der Waals surface area contributed by atoms with Crippen LogP contribution in [0.5, 0.6) is 11.5 Å². The summed E-state index contributed by atoms with van der Waals surface area (Å²) in [7, 11) is 0. The van der Waals surface area contributed by atoms with E-state index in [1.54, 1.807) is 48.5 Å². The highest BCUT2D eigenvalue weighted by atomic mass is 16.5. The Labute approximate surface area is 175 Å². The molecule has 2 aromatic rings. The molecule has 0 spiro atoms. The fourth-order valence-corrected chi connectivity index (χ4v) is 2.96. The van der Waals surface area contributed by atoms with Gasteiger partial charge in [0.05, 0.1) is 18.8 Å². The summed E-state index contributed by atoms with van der Waals surface area (Å²) in [5.74, 6) is -0.00274. The van der Waals surface area contributed by atoms with Gasteiger partial charge in [-0.1, -0.05) is 37.3 Å². The minimum Gasteiger partial charge on any atom is -0.484 e. The van der Waals surface area contributed by atoms with Gasteiger partial charge in [0.15, 0.2) is 12.7 Å². The van der Waals surface area contributed by atoms with Gasteiger partial charge in [-0.05, 0) is 30.7 Å². The maximum atomic E-state index is 12.8. The van der Waals surface area contributed by atoms with Crippen LogP contribution in [-0.4, -0.2) is 50.1 Å². The molecule has 1 aliphatic rings. The van der Waals surface area contributed by atoms with E-state index < -0.39 is 12.0 Å². The summed E-state index contributed by atoms with van der Waals surface area (Å²) in [5.41, 5.74) is 0.567. The van der Waals surface area contributed by atoms with E-state index in [2.05, 4.69) is 10.6 Å². The lowest BCUT2D eigenvalue weighted by atomic mass is 10.1. The second-order valence-corrected chi connectivity index (χ2v) is 6.75. The largest absolute Gasteiger partial charge is 0.484 e. The number of anilines is 1. The van der Waals surface area contributed by atoms with Gasteiger partial charge in [-0.15, -0.1) is 0 Å². The lowest BCUT2D eigenvalue weighted by Gasteiger charge is -2.34. The minimum atomic E-state index is -0.812. The molecular formula is C22H25N3O5. The van der Waals surface area contributed by atoms with E-state index in [1.807, 2.05) is 13.0 Å². The molecule has 2 aromatic carbocycles. The van der Waals surface area contributed by atoms with Gasteiger partial charge in [0.2, 0.25) is 5.91 Å². The second kappa shape index (κ2) is 10.3. The topological polar surface area (TPSA) is 97.0 Å². The third-order valence-corrected chi connectivity index (χ3v) is 4.47. The smallest absolute Gasteiger partial charge is 0.262 e.